The lowest BCUT2D eigenvalue weighted by molar-refractivity contribution is -0.115. The molecule has 0 amide bonds. The molecule has 1 aliphatic rings. The number of thioether (sulfide) groups is 1. The van der Waals surface area contributed by atoms with Gasteiger partial charge in [-0.25, -0.2) is 0 Å². The van der Waals surface area contributed by atoms with Crippen LogP contribution in [0.15, 0.2) is 39.6 Å². The van der Waals surface area contributed by atoms with Crippen LogP contribution in [0.1, 0.15) is 45.1 Å². The van der Waals surface area contributed by atoms with E-state index >= 15 is 0 Å². The number of hydrogen-bond donors (Lipinski definition) is 0. The number of allylic oxidation sites excluding steroid dienone is 2. The molecule has 2 heteroatoms. The number of rotatable bonds is 4. The number of carbonyl (C=O) groups excluding carboxylic acids is 1. The van der Waals surface area contributed by atoms with E-state index in [-0.39, 0.29) is 0 Å². The van der Waals surface area contributed by atoms with Gasteiger partial charge in [-0.1, -0.05) is 37.2 Å². The summed E-state index contributed by atoms with van der Waals surface area (Å²) in [4.78, 5) is 14.2. The predicted octanol–water partition coefficient (Wildman–Crippen LogP) is 4.76. The molecule has 1 aromatic carbocycles. The Bertz CT molecular complexity index is 456. The third-order valence-corrected chi connectivity index (χ3v) is 4.61. The Morgan fingerprint density at radius 2 is 1.89 bits per heavy atom. The molecule has 0 spiro atoms. The zero-order valence-corrected chi connectivity index (χ0v) is 12.0. The molecular formula is C16H20OS. The first-order valence-electron chi connectivity index (χ1n) is 6.70. The molecule has 0 N–H and O–H groups in total. The normalized spacial score (nSPS) is 16.2. The largest absolute Gasteiger partial charge is 0.295 e. The van der Waals surface area contributed by atoms with Crippen molar-refractivity contribution in [1.29, 1.82) is 0 Å². The van der Waals surface area contributed by atoms with Crippen LogP contribution in [0, 0.1) is 0 Å². The van der Waals surface area contributed by atoms with Crippen LogP contribution in [0.25, 0.3) is 0 Å². The molecule has 0 fully saturated rings. The summed E-state index contributed by atoms with van der Waals surface area (Å²) in [7, 11) is 0. The molecule has 0 saturated carbocycles. The van der Waals surface area contributed by atoms with Crippen LogP contribution >= 0.6 is 11.8 Å². The Morgan fingerprint density at radius 3 is 2.56 bits per heavy atom. The first kappa shape index (κ1) is 13.4. The zero-order chi connectivity index (χ0) is 13.0. The molecule has 0 heterocycles. The fraction of sp³-hybridized carbons (Fsp3) is 0.438. The molecule has 0 aliphatic heterocycles. The Hall–Kier alpha value is -1.02. The van der Waals surface area contributed by atoms with E-state index in [4.69, 9.17) is 0 Å². The van der Waals surface area contributed by atoms with Crippen LogP contribution in [0.5, 0.6) is 0 Å². The summed E-state index contributed by atoms with van der Waals surface area (Å²) in [6, 6.07) is 8.75. The van der Waals surface area contributed by atoms with Gasteiger partial charge in [0.15, 0.2) is 5.78 Å². The van der Waals surface area contributed by atoms with Gasteiger partial charge in [0, 0.05) is 16.9 Å². The monoisotopic (exact) mass is 260 g/mol. The van der Waals surface area contributed by atoms with E-state index in [0.29, 0.717) is 5.78 Å². The average Bonchev–Trinajstić information content (AvgIpc) is 2.38. The molecule has 0 saturated heterocycles. The second kappa shape index (κ2) is 6.24. The number of Topliss-reactive ketones (excluding diaryl/α,β-unsaturated/α-hetero) is 1. The van der Waals surface area contributed by atoms with E-state index < -0.39 is 0 Å². The van der Waals surface area contributed by atoms with E-state index in [1.807, 2.05) is 6.92 Å². The van der Waals surface area contributed by atoms with E-state index in [9.17, 15) is 4.79 Å². The second-order valence-electron chi connectivity index (χ2n) is 4.82. The molecule has 0 atom stereocenters. The number of carbonyl (C=O) groups is 1. The molecule has 18 heavy (non-hydrogen) atoms. The lowest BCUT2D eigenvalue weighted by atomic mass is 9.99. The standard InChI is InChI=1S/C16H20OS/c1-3-5-13-8-10-14(11-9-13)18-16-7-4-6-15(17)12(16)2/h8-11H,3-7H2,1-2H3. The van der Waals surface area contributed by atoms with E-state index in [1.165, 1.54) is 21.8 Å². The summed E-state index contributed by atoms with van der Waals surface area (Å²) in [5.41, 5.74) is 2.37. The number of benzene rings is 1. The van der Waals surface area contributed by atoms with Crippen LogP contribution in [-0.2, 0) is 11.2 Å². The maximum absolute atomic E-state index is 11.7. The Morgan fingerprint density at radius 1 is 1.17 bits per heavy atom. The van der Waals surface area contributed by atoms with Crippen molar-refractivity contribution in [3.8, 4) is 0 Å². The van der Waals surface area contributed by atoms with Crippen LogP contribution in [0.2, 0.25) is 0 Å². The Labute approximate surface area is 114 Å². The highest BCUT2D eigenvalue weighted by Gasteiger charge is 2.17. The summed E-state index contributed by atoms with van der Waals surface area (Å²) in [5, 5.41) is 0. The van der Waals surface area contributed by atoms with Crippen molar-refractivity contribution in [2.45, 2.75) is 50.8 Å². The van der Waals surface area contributed by atoms with Gasteiger partial charge in [0.1, 0.15) is 0 Å². The minimum atomic E-state index is 0.325. The molecular weight excluding hydrogens is 240 g/mol. The average molecular weight is 260 g/mol. The van der Waals surface area contributed by atoms with Crippen molar-refractivity contribution in [2.24, 2.45) is 0 Å². The number of hydrogen-bond acceptors (Lipinski definition) is 2. The fourth-order valence-electron chi connectivity index (χ4n) is 2.22. The lowest BCUT2D eigenvalue weighted by Crippen LogP contribution is -2.07. The quantitative estimate of drug-likeness (QED) is 0.776. The van der Waals surface area contributed by atoms with Crippen molar-refractivity contribution < 1.29 is 4.79 Å². The molecule has 0 aromatic heterocycles. The van der Waals surface area contributed by atoms with Gasteiger partial charge in [-0.2, -0.15) is 0 Å². The zero-order valence-electron chi connectivity index (χ0n) is 11.2. The summed E-state index contributed by atoms with van der Waals surface area (Å²) >= 11 is 1.76. The predicted molar refractivity (Wildman–Crippen MR) is 77.9 cm³/mol. The van der Waals surface area contributed by atoms with Gasteiger partial charge in [0.05, 0.1) is 0 Å². The van der Waals surface area contributed by atoms with Gasteiger partial charge in [0.2, 0.25) is 0 Å². The molecule has 2 rings (SSSR count). The van der Waals surface area contributed by atoms with E-state index in [0.717, 1.165) is 31.3 Å². The van der Waals surface area contributed by atoms with Crippen molar-refractivity contribution in [2.75, 3.05) is 0 Å². The van der Waals surface area contributed by atoms with Crippen molar-refractivity contribution in [3.05, 3.63) is 40.3 Å². The van der Waals surface area contributed by atoms with Crippen LogP contribution in [0.3, 0.4) is 0 Å². The van der Waals surface area contributed by atoms with Gasteiger partial charge in [-0.15, -0.1) is 0 Å². The molecule has 1 nitrogen and oxygen atoms in total. The van der Waals surface area contributed by atoms with Gasteiger partial charge in [0.25, 0.3) is 0 Å². The van der Waals surface area contributed by atoms with Crippen molar-refractivity contribution >= 4 is 17.5 Å². The minimum Gasteiger partial charge on any atom is -0.295 e. The van der Waals surface area contributed by atoms with Crippen LogP contribution < -0.4 is 0 Å². The molecule has 1 aromatic rings. The van der Waals surface area contributed by atoms with Gasteiger partial charge < -0.3 is 0 Å². The third kappa shape index (κ3) is 3.26. The minimum absolute atomic E-state index is 0.325. The number of ketones is 1. The fourth-order valence-corrected chi connectivity index (χ4v) is 3.29. The Balaban J connectivity index is 2.09. The summed E-state index contributed by atoms with van der Waals surface area (Å²) < 4.78 is 0. The van der Waals surface area contributed by atoms with Crippen molar-refractivity contribution in [3.63, 3.8) is 0 Å². The molecule has 0 radical (unpaired) electrons. The van der Waals surface area contributed by atoms with E-state index in [1.54, 1.807) is 11.8 Å². The molecule has 0 bridgehead atoms. The first-order chi connectivity index (χ1) is 8.70. The lowest BCUT2D eigenvalue weighted by Gasteiger charge is -2.16. The van der Waals surface area contributed by atoms with Crippen LogP contribution in [-0.4, -0.2) is 5.78 Å². The van der Waals surface area contributed by atoms with Gasteiger partial charge >= 0.3 is 0 Å². The second-order valence-corrected chi connectivity index (χ2v) is 5.99. The highest BCUT2D eigenvalue weighted by Crippen LogP contribution is 2.36. The van der Waals surface area contributed by atoms with Gasteiger partial charge in [-0.05, 0) is 48.8 Å². The van der Waals surface area contributed by atoms with Crippen LogP contribution in [0.4, 0.5) is 0 Å². The summed E-state index contributed by atoms with van der Waals surface area (Å²) in [5.74, 6) is 0.325. The smallest absolute Gasteiger partial charge is 0.159 e. The molecule has 1 aliphatic carbocycles. The highest BCUT2D eigenvalue weighted by molar-refractivity contribution is 8.03. The highest BCUT2D eigenvalue weighted by atomic mass is 32.2. The van der Waals surface area contributed by atoms with Gasteiger partial charge in [-0.3, -0.25) is 4.79 Å². The molecule has 96 valence electrons. The summed E-state index contributed by atoms with van der Waals surface area (Å²) in [6.07, 6.45) is 5.12. The SMILES string of the molecule is CCCc1ccc(SC2=C(C)C(=O)CCC2)cc1. The third-order valence-electron chi connectivity index (χ3n) is 3.35. The van der Waals surface area contributed by atoms with E-state index in [2.05, 4.69) is 31.2 Å². The maximum atomic E-state index is 11.7. The summed E-state index contributed by atoms with van der Waals surface area (Å²) in [6.45, 7) is 4.17. The maximum Gasteiger partial charge on any atom is 0.159 e. The number of aryl methyl sites for hydroxylation is 1. The molecule has 0 unspecified atom stereocenters. The first-order valence-corrected chi connectivity index (χ1v) is 7.52. The van der Waals surface area contributed by atoms with Crippen molar-refractivity contribution in [1.82, 2.24) is 0 Å². The Kier molecular flexibility index (Phi) is 4.65. The topological polar surface area (TPSA) is 17.1 Å².